The molecule has 1 aliphatic carbocycles. The lowest BCUT2D eigenvalue weighted by Gasteiger charge is -2.13. The lowest BCUT2D eigenvalue weighted by Crippen LogP contribution is -2.25. The molecule has 0 radical (unpaired) electrons. The first-order valence-corrected chi connectivity index (χ1v) is 8.69. The zero-order chi connectivity index (χ0) is 14.9. The fourth-order valence-corrected chi connectivity index (χ4v) is 3.59. The van der Waals surface area contributed by atoms with Crippen molar-refractivity contribution < 1.29 is 4.79 Å². The average Bonchev–Trinajstić information content (AvgIpc) is 2.78. The largest absolute Gasteiger partial charge is 0.351 e. The van der Waals surface area contributed by atoms with Crippen molar-refractivity contribution in [3.8, 4) is 11.8 Å². The highest BCUT2D eigenvalue weighted by Crippen LogP contribution is 2.25. The normalized spacial score (nSPS) is 15.9. The van der Waals surface area contributed by atoms with E-state index in [-0.39, 0.29) is 5.91 Å². The van der Waals surface area contributed by atoms with Gasteiger partial charge in [0.15, 0.2) is 0 Å². The minimum absolute atomic E-state index is 0.174. The summed E-state index contributed by atoms with van der Waals surface area (Å²) in [4.78, 5) is 13.2. The Morgan fingerprint density at radius 3 is 2.81 bits per heavy atom. The lowest BCUT2D eigenvalue weighted by atomic mass is 9.96. The predicted molar refractivity (Wildman–Crippen MR) is 87.9 cm³/mol. The van der Waals surface area contributed by atoms with Gasteiger partial charge in [-0.25, -0.2) is 0 Å². The van der Waals surface area contributed by atoms with Crippen molar-refractivity contribution >= 4 is 17.2 Å². The van der Waals surface area contributed by atoms with E-state index in [2.05, 4.69) is 17.2 Å². The summed E-state index contributed by atoms with van der Waals surface area (Å²) in [6.45, 7) is 0.946. The minimum atomic E-state index is 0.174. The van der Waals surface area contributed by atoms with E-state index in [1.807, 2.05) is 11.4 Å². The molecule has 1 saturated carbocycles. The Morgan fingerprint density at radius 1 is 1.33 bits per heavy atom. The van der Waals surface area contributed by atoms with Crippen LogP contribution >= 0.6 is 11.3 Å². The number of hydrogen-bond donors (Lipinski definition) is 2. The van der Waals surface area contributed by atoms with Gasteiger partial charge < -0.3 is 11.1 Å². The highest BCUT2D eigenvalue weighted by atomic mass is 32.1. The molecular weight excluding hydrogens is 280 g/mol. The fraction of sp³-hybridized carbons (Fsp3) is 0.588. The van der Waals surface area contributed by atoms with Crippen LogP contribution in [0, 0.1) is 17.8 Å². The highest BCUT2D eigenvalue weighted by molar-refractivity contribution is 7.10. The zero-order valence-electron chi connectivity index (χ0n) is 12.5. The van der Waals surface area contributed by atoms with E-state index in [1.54, 1.807) is 11.3 Å². The second kappa shape index (κ2) is 8.86. The van der Waals surface area contributed by atoms with Crippen LogP contribution < -0.4 is 11.1 Å². The Balaban J connectivity index is 1.79. The number of thiophene rings is 1. The van der Waals surface area contributed by atoms with Crippen LogP contribution in [-0.2, 0) is 11.3 Å². The quantitative estimate of drug-likeness (QED) is 0.663. The van der Waals surface area contributed by atoms with Gasteiger partial charge in [0.2, 0.25) is 5.91 Å². The van der Waals surface area contributed by atoms with E-state index < -0.39 is 0 Å². The van der Waals surface area contributed by atoms with Crippen molar-refractivity contribution in [2.45, 2.75) is 51.5 Å². The van der Waals surface area contributed by atoms with Crippen molar-refractivity contribution in [2.24, 2.45) is 11.7 Å². The lowest BCUT2D eigenvalue weighted by molar-refractivity contribution is -0.122. The molecular formula is C17H24N2OS. The number of nitrogens with one attached hydrogen (secondary N) is 1. The van der Waals surface area contributed by atoms with Gasteiger partial charge in [-0.15, -0.1) is 11.3 Å². The van der Waals surface area contributed by atoms with Gasteiger partial charge in [-0.2, -0.15) is 0 Å². The minimum Gasteiger partial charge on any atom is -0.351 e. The molecule has 1 aliphatic rings. The molecule has 1 aromatic rings. The Hall–Kier alpha value is -1.31. The first kappa shape index (κ1) is 16.1. The van der Waals surface area contributed by atoms with Gasteiger partial charge in [0, 0.05) is 16.9 Å². The summed E-state index contributed by atoms with van der Waals surface area (Å²) in [5.74, 6) is 6.66. The number of carbonyl (C=O) groups is 1. The van der Waals surface area contributed by atoms with E-state index in [0.29, 0.717) is 25.4 Å². The van der Waals surface area contributed by atoms with Gasteiger partial charge in [0.1, 0.15) is 0 Å². The molecule has 0 aliphatic heterocycles. The second-order valence-electron chi connectivity index (χ2n) is 5.60. The van der Waals surface area contributed by atoms with E-state index in [9.17, 15) is 4.79 Å². The highest BCUT2D eigenvalue weighted by Gasteiger charge is 2.16. The van der Waals surface area contributed by atoms with Crippen LogP contribution in [0.3, 0.4) is 0 Å². The molecule has 0 unspecified atom stereocenters. The van der Waals surface area contributed by atoms with Crippen LogP contribution in [0.15, 0.2) is 11.4 Å². The van der Waals surface area contributed by atoms with Crippen LogP contribution in [0.2, 0.25) is 0 Å². The first-order chi connectivity index (χ1) is 10.3. The molecule has 1 fully saturated rings. The number of carbonyl (C=O) groups excluding carboxylic acids is 1. The molecule has 0 bridgehead atoms. The molecule has 4 heteroatoms. The number of rotatable bonds is 4. The van der Waals surface area contributed by atoms with Gasteiger partial charge in [-0.05, 0) is 30.2 Å². The third kappa shape index (κ3) is 5.53. The third-order valence-electron chi connectivity index (χ3n) is 3.97. The van der Waals surface area contributed by atoms with Crippen LogP contribution in [0.25, 0.3) is 0 Å². The van der Waals surface area contributed by atoms with Crippen molar-refractivity contribution in [3.05, 3.63) is 21.9 Å². The zero-order valence-corrected chi connectivity index (χ0v) is 13.3. The van der Waals surface area contributed by atoms with E-state index in [4.69, 9.17) is 5.73 Å². The second-order valence-corrected chi connectivity index (χ2v) is 6.60. The molecule has 1 amide bonds. The molecule has 1 aromatic heterocycles. The molecule has 0 spiro atoms. The van der Waals surface area contributed by atoms with Gasteiger partial charge in [0.25, 0.3) is 0 Å². The van der Waals surface area contributed by atoms with Crippen molar-refractivity contribution in [2.75, 3.05) is 6.54 Å². The van der Waals surface area contributed by atoms with Gasteiger partial charge >= 0.3 is 0 Å². The maximum Gasteiger partial charge on any atom is 0.220 e. The fourth-order valence-electron chi connectivity index (χ4n) is 2.82. The third-order valence-corrected chi connectivity index (χ3v) is 4.89. The van der Waals surface area contributed by atoms with Gasteiger partial charge in [0.05, 0.1) is 13.1 Å². The molecule has 1 heterocycles. The molecule has 114 valence electrons. The predicted octanol–water partition coefficient (Wildman–Crippen LogP) is 3.04. The molecule has 0 aromatic carbocycles. The number of nitrogens with two attached hydrogens (primary N) is 1. The van der Waals surface area contributed by atoms with E-state index in [1.165, 1.54) is 38.5 Å². The number of hydrogen-bond acceptors (Lipinski definition) is 3. The smallest absolute Gasteiger partial charge is 0.220 e. The molecule has 3 N–H and O–H groups in total. The summed E-state index contributed by atoms with van der Waals surface area (Å²) >= 11 is 1.63. The Bertz CT molecular complexity index is 504. The monoisotopic (exact) mass is 304 g/mol. The Labute approximate surface area is 131 Å². The van der Waals surface area contributed by atoms with Gasteiger partial charge in [-0.1, -0.05) is 37.5 Å². The molecule has 0 atom stereocenters. The average molecular weight is 304 g/mol. The molecule has 0 saturated heterocycles. The van der Waals surface area contributed by atoms with Crippen molar-refractivity contribution in [1.29, 1.82) is 0 Å². The Morgan fingerprint density at radius 2 is 2.10 bits per heavy atom. The molecule has 2 rings (SSSR count). The summed E-state index contributed by atoms with van der Waals surface area (Å²) in [7, 11) is 0. The maximum absolute atomic E-state index is 12.1. The van der Waals surface area contributed by atoms with Crippen LogP contribution in [-0.4, -0.2) is 12.5 Å². The van der Waals surface area contributed by atoms with Crippen LogP contribution in [0.5, 0.6) is 0 Å². The first-order valence-electron chi connectivity index (χ1n) is 7.81. The van der Waals surface area contributed by atoms with Gasteiger partial charge in [-0.3, -0.25) is 4.79 Å². The summed E-state index contributed by atoms with van der Waals surface area (Å²) in [5.41, 5.74) is 6.38. The summed E-state index contributed by atoms with van der Waals surface area (Å²) in [6.07, 6.45) is 8.31. The molecule has 21 heavy (non-hydrogen) atoms. The summed E-state index contributed by atoms with van der Waals surface area (Å²) in [5, 5.41) is 5.05. The topological polar surface area (TPSA) is 55.1 Å². The summed E-state index contributed by atoms with van der Waals surface area (Å²) in [6, 6.07) is 1.99. The standard InChI is InChI=1S/C17H24N2OS/c18-10-5-8-15-9-11-21-16(15)13-19-17(20)12-14-6-3-1-2-4-7-14/h9,11,14H,1-4,6-7,10,12-13,18H2,(H,19,20). The maximum atomic E-state index is 12.1. The van der Waals surface area contributed by atoms with Crippen molar-refractivity contribution in [3.63, 3.8) is 0 Å². The van der Waals surface area contributed by atoms with Crippen LogP contribution in [0.4, 0.5) is 0 Å². The SMILES string of the molecule is NCC#Cc1ccsc1CNC(=O)CC1CCCCCC1. The van der Waals surface area contributed by atoms with Crippen molar-refractivity contribution in [1.82, 2.24) is 5.32 Å². The van der Waals surface area contributed by atoms with Crippen LogP contribution in [0.1, 0.15) is 55.4 Å². The molecule has 3 nitrogen and oxygen atoms in total. The van der Waals surface area contributed by atoms with E-state index in [0.717, 1.165) is 10.4 Å². The summed E-state index contributed by atoms with van der Waals surface area (Å²) < 4.78 is 0. The number of amides is 1. The Kier molecular flexibility index (Phi) is 6.78. The van der Waals surface area contributed by atoms with E-state index >= 15 is 0 Å².